The number of fused-ring (bicyclic) bond motifs is 1. The van der Waals surface area contributed by atoms with Gasteiger partial charge in [-0.05, 0) is 73.7 Å². The summed E-state index contributed by atoms with van der Waals surface area (Å²) in [4.78, 5) is 48.5. The first-order valence-corrected chi connectivity index (χ1v) is 16.4. The molecule has 3 unspecified atom stereocenters. The average Bonchev–Trinajstić information content (AvgIpc) is 3.24. The maximum absolute atomic E-state index is 12.6. The summed E-state index contributed by atoms with van der Waals surface area (Å²) in [6, 6.07) is -1.22. The van der Waals surface area contributed by atoms with Crippen LogP contribution in [0.25, 0.3) is 0 Å². The molecule has 8 N–H and O–H groups in total. The van der Waals surface area contributed by atoms with Gasteiger partial charge in [0.2, 0.25) is 11.8 Å². The summed E-state index contributed by atoms with van der Waals surface area (Å²) in [5, 5.41) is 51.5. The maximum atomic E-state index is 12.6. The van der Waals surface area contributed by atoms with Crippen LogP contribution in [0.3, 0.4) is 0 Å². The molecule has 0 spiro atoms. The fraction of sp³-hybridized carbons (Fsp3) is 0.515. The number of aliphatic hydroxyl groups excluding tert-OH is 2. The van der Waals surface area contributed by atoms with Crippen LogP contribution < -0.4 is 21.4 Å². The summed E-state index contributed by atoms with van der Waals surface area (Å²) < 4.78 is 0. The number of rotatable bonds is 13. The molecule has 5 aliphatic rings. The number of thiol groups is 1. The highest BCUT2D eigenvalue weighted by atomic mass is 32.1. The molecule has 13 nitrogen and oxygen atoms in total. The summed E-state index contributed by atoms with van der Waals surface area (Å²) in [7, 11) is 0. The molecule has 8 atom stereocenters. The normalized spacial score (nSPS) is 34.7. The first kappa shape index (κ1) is 34.3. The van der Waals surface area contributed by atoms with Crippen LogP contribution in [-0.4, -0.2) is 84.8 Å². The first-order chi connectivity index (χ1) is 22.3. The zero-order valence-electron chi connectivity index (χ0n) is 26.6. The lowest BCUT2D eigenvalue weighted by atomic mass is 9.88. The highest BCUT2D eigenvalue weighted by Crippen LogP contribution is 2.52. The molecule has 0 aromatic heterocycles. The summed E-state index contributed by atoms with van der Waals surface area (Å²) in [5.74, 6) is -2.68. The number of nitrogens with zero attached hydrogens (tertiary/aromatic N) is 1. The lowest BCUT2D eigenvalue weighted by Gasteiger charge is -2.20. The zero-order valence-corrected chi connectivity index (χ0v) is 27.5. The fourth-order valence-electron chi connectivity index (χ4n) is 7.63. The van der Waals surface area contributed by atoms with Crippen molar-refractivity contribution < 1.29 is 39.6 Å². The van der Waals surface area contributed by atoms with E-state index in [1.54, 1.807) is 6.92 Å². The van der Waals surface area contributed by atoms with Crippen molar-refractivity contribution in [1.29, 1.82) is 0 Å². The van der Waals surface area contributed by atoms with Crippen molar-refractivity contribution in [3.05, 3.63) is 70.3 Å². The van der Waals surface area contributed by atoms with E-state index in [2.05, 4.69) is 40.6 Å². The molecule has 2 amide bonds. The van der Waals surface area contributed by atoms with Gasteiger partial charge in [0.05, 0.1) is 48.5 Å². The molecule has 5 rings (SSSR count). The van der Waals surface area contributed by atoms with Crippen LogP contribution in [0.1, 0.15) is 52.9 Å². The van der Waals surface area contributed by atoms with Gasteiger partial charge in [-0.25, -0.2) is 0 Å². The molecular weight excluding hydrogens is 626 g/mol. The number of carboxylic acid groups (broad SMARTS) is 2. The molecule has 3 fully saturated rings. The number of carbonyl (C=O) groups is 4. The summed E-state index contributed by atoms with van der Waals surface area (Å²) in [5.41, 5.74) is 6.93. The van der Waals surface area contributed by atoms with Crippen molar-refractivity contribution >= 4 is 36.4 Å². The highest BCUT2D eigenvalue weighted by molar-refractivity contribution is 7.80. The van der Waals surface area contributed by atoms with Crippen LogP contribution in [0.4, 0.5) is 0 Å². The van der Waals surface area contributed by atoms with Gasteiger partial charge in [0, 0.05) is 29.2 Å². The number of carbonyl (C=O) groups excluding carboxylic acids is 2. The fourth-order valence-corrected chi connectivity index (χ4v) is 7.92. The number of carboxylic acids is 2. The molecule has 47 heavy (non-hydrogen) atoms. The number of hydrazine groups is 1. The van der Waals surface area contributed by atoms with Crippen molar-refractivity contribution in [3.63, 3.8) is 0 Å². The van der Waals surface area contributed by atoms with Crippen LogP contribution in [0.2, 0.25) is 0 Å². The average molecular weight is 670 g/mol. The van der Waals surface area contributed by atoms with Gasteiger partial charge >= 0.3 is 11.9 Å². The van der Waals surface area contributed by atoms with Crippen molar-refractivity contribution in [2.24, 2.45) is 17.8 Å². The van der Waals surface area contributed by atoms with E-state index in [0.717, 1.165) is 29.5 Å². The van der Waals surface area contributed by atoms with Crippen molar-refractivity contribution in [1.82, 2.24) is 26.4 Å². The summed E-state index contributed by atoms with van der Waals surface area (Å²) in [6.07, 6.45) is 5.46. The topological polar surface area (TPSA) is 210 Å². The van der Waals surface area contributed by atoms with Crippen LogP contribution in [0.15, 0.2) is 70.3 Å². The van der Waals surface area contributed by atoms with Crippen molar-refractivity contribution in [2.75, 3.05) is 5.75 Å². The Bertz CT molecular complexity index is 1550. The maximum Gasteiger partial charge on any atom is 0.306 e. The molecule has 0 radical (unpaired) electrons. The lowest BCUT2D eigenvalue weighted by Crippen LogP contribution is -2.35. The van der Waals surface area contributed by atoms with E-state index in [1.165, 1.54) is 6.08 Å². The van der Waals surface area contributed by atoms with E-state index in [9.17, 15) is 39.6 Å². The van der Waals surface area contributed by atoms with E-state index in [0.29, 0.717) is 34.6 Å². The van der Waals surface area contributed by atoms with Gasteiger partial charge in [-0.1, -0.05) is 13.0 Å². The number of hydrogen-bond acceptors (Lipinski definition) is 10. The smallest absolute Gasteiger partial charge is 0.306 e. The molecule has 0 aromatic carbocycles. The highest BCUT2D eigenvalue weighted by Gasteiger charge is 2.60. The van der Waals surface area contributed by atoms with Crippen LogP contribution in [0.5, 0.6) is 0 Å². The predicted octanol–water partition coefficient (Wildman–Crippen LogP) is 1.79. The number of amides is 2. The van der Waals surface area contributed by atoms with E-state index in [4.69, 9.17) is 0 Å². The van der Waals surface area contributed by atoms with Gasteiger partial charge in [0.1, 0.15) is 0 Å². The van der Waals surface area contributed by atoms with Gasteiger partial charge in [0.25, 0.3) is 0 Å². The second-order valence-electron chi connectivity index (χ2n) is 12.9. The van der Waals surface area contributed by atoms with Gasteiger partial charge in [-0.15, -0.1) is 6.58 Å². The van der Waals surface area contributed by atoms with Gasteiger partial charge in [-0.3, -0.25) is 24.2 Å². The Balaban J connectivity index is 1.52. The largest absolute Gasteiger partial charge is 0.516 e. The van der Waals surface area contributed by atoms with Crippen LogP contribution >= 0.6 is 12.6 Å². The Labute approximate surface area is 278 Å². The predicted molar refractivity (Wildman–Crippen MR) is 175 cm³/mol. The number of aliphatic hydroxyl groups is 2. The Kier molecular flexibility index (Phi) is 9.67. The Morgan fingerprint density at radius 3 is 2.45 bits per heavy atom. The van der Waals surface area contributed by atoms with Crippen molar-refractivity contribution in [3.8, 4) is 0 Å². The standard InChI is InChI=1S/C33H43N5O8S/c1-5-18-20(14-39)23(36-32(18)46)10-22-17(4)30(27(40)12-29(43)44)25(34-22)13-33-21(6-7-28(41)42)16(3)26(38(33)37-33)11-24-19(8-9-47)15(2)31(45)35-24/h5,11,13-15,18-19,22-24,27,34,37,39-40,47H,1,6-10,12H2,2-4H3,(H,35,45)(H,36,46)(H,41,42)(H,43,44)/b20-14-,25-13-,26-11+/t15-,18?,19-,22?,23-,24?,27+,33+,38?/m1/s1. The number of hydrogen-bond donors (Lipinski definition) is 9. The van der Waals surface area contributed by atoms with E-state index in [1.807, 2.05) is 31.0 Å². The zero-order chi connectivity index (χ0) is 34.4. The second kappa shape index (κ2) is 13.2. The van der Waals surface area contributed by atoms with Crippen LogP contribution in [0, 0.1) is 17.8 Å². The summed E-state index contributed by atoms with van der Waals surface area (Å²) >= 11 is 4.39. The Morgan fingerprint density at radius 1 is 1.11 bits per heavy atom. The second-order valence-corrected chi connectivity index (χ2v) is 13.3. The molecule has 3 saturated heterocycles. The molecular formula is C33H43N5O8S. The van der Waals surface area contributed by atoms with Gasteiger partial charge < -0.3 is 36.4 Å². The number of aliphatic carboxylic acids is 2. The quantitative estimate of drug-likeness (QED) is 0.0597. The van der Waals surface area contributed by atoms with E-state index >= 15 is 0 Å². The minimum absolute atomic E-state index is 0.0336. The summed E-state index contributed by atoms with van der Waals surface area (Å²) in [6.45, 7) is 9.30. The SMILES string of the molecule is C=CC1C(=O)N[C@H](CC2N/C(=C\[C@]34NN3/C(=C/C3NC(=O)[C@H](C)[C@H]3CCS)C(C)=C4CCC(=O)O)C([C@@H](O)CC(=O)O)=C2C)/C1=C\O. The molecule has 0 aliphatic carbocycles. The van der Waals surface area contributed by atoms with E-state index < -0.39 is 48.1 Å². The molecule has 14 heteroatoms. The molecule has 0 aromatic rings. The minimum Gasteiger partial charge on any atom is -0.516 e. The number of nitrogens with one attached hydrogen (secondary N) is 4. The van der Waals surface area contributed by atoms with Crippen LogP contribution in [-0.2, 0) is 19.2 Å². The molecule has 5 aliphatic heterocycles. The van der Waals surface area contributed by atoms with E-state index in [-0.39, 0.29) is 42.5 Å². The monoisotopic (exact) mass is 669 g/mol. The first-order valence-electron chi connectivity index (χ1n) is 15.8. The molecule has 254 valence electrons. The van der Waals surface area contributed by atoms with Gasteiger partial charge in [0.15, 0.2) is 5.66 Å². The Hall–Kier alpha value is -4.01. The van der Waals surface area contributed by atoms with Crippen molar-refractivity contribution in [2.45, 2.75) is 82.8 Å². The minimum atomic E-state index is -1.35. The third kappa shape index (κ3) is 6.21. The molecule has 0 saturated carbocycles. The van der Waals surface area contributed by atoms with Gasteiger partial charge in [-0.2, -0.15) is 18.1 Å². The number of allylic oxidation sites excluding steroid dienone is 1. The lowest BCUT2D eigenvalue weighted by molar-refractivity contribution is -0.139. The third-order valence-electron chi connectivity index (χ3n) is 10.2. The Morgan fingerprint density at radius 2 is 1.83 bits per heavy atom. The molecule has 5 heterocycles. The molecule has 0 bridgehead atoms. The third-order valence-corrected chi connectivity index (χ3v) is 10.4.